The highest BCUT2D eigenvalue weighted by Gasteiger charge is 2.23. The molecular formula is C21H27N3O4S. The predicted octanol–water partition coefficient (Wildman–Crippen LogP) is 2.87. The number of rotatable bonds is 6. The van der Waals surface area contributed by atoms with Crippen LogP contribution in [0, 0.1) is 5.92 Å². The summed E-state index contributed by atoms with van der Waals surface area (Å²) in [6.07, 6.45) is 7.74. The third-order valence-electron chi connectivity index (χ3n) is 5.38. The van der Waals surface area contributed by atoms with Crippen LogP contribution >= 0.6 is 0 Å². The van der Waals surface area contributed by atoms with Gasteiger partial charge in [0.05, 0.1) is 13.2 Å². The number of nitrogens with zero attached hydrogens (tertiary/aromatic N) is 3. The molecule has 3 heterocycles. The summed E-state index contributed by atoms with van der Waals surface area (Å²) in [4.78, 5) is 11.2. The average Bonchev–Trinajstić information content (AvgIpc) is 2.77. The Hall–Kier alpha value is -2.03. The van der Waals surface area contributed by atoms with Gasteiger partial charge in [-0.25, -0.2) is 9.97 Å². The van der Waals surface area contributed by atoms with E-state index in [9.17, 15) is 4.21 Å². The van der Waals surface area contributed by atoms with Crippen molar-refractivity contribution in [2.45, 2.75) is 38.7 Å². The Morgan fingerprint density at radius 3 is 2.34 bits per heavy atom. The molecule has 2 aromatic rings. The summed E-state index contributed by atoms with van der Waals surface area (Å²) in [7, 11) is 0. The average molecular weight is 418 g/mol. The molecule has 0 aliphatic carbocycles. The smallest absolute Gasteiger partial charge is 0.304 e. The van der Waals surface area contributed by atoms with Crippen LogP contribution < -0.4 is 9.64 Å². The molecule has 2 saturated heterocycles. The van der Waals surface area contributed by atoms with Gasteiger partial charge in [-0.2, -0.15) is 4.21 Å². The van der Waals surface area contributed by atoms with Crippen molar-refractivity contribution in [3.63, 3.8) is 0 Å². The van der Waals surface area contributed by atoms with Gasteiger partial charge in [-0.1, -0.05) is 19.1 Å². The summed E-state index contributed by atoms with van der Waals surface area (Å²) in [5.74, 6) is 1.94. The van der Waals surface area contributed by atoms with Gasteiger partial charge in [0.15, 0.2) is 0 Å². The van der Waals surface area contributed by atoms with Crippen LogP contribution in [-0.4, -0.2) is 46.6 Å². The van der Waals surface area contributed by atoms with E-state index in [4.69, 9.17) is 13.1 Å². The van der Waals surface area contributed by atoms with Crippen molar-refractivity contribution in [1.82, 2.24) is 9.97 Å². The number of hydrogen-bond donors (Lipinski definition) is 0. The van der Waals surface area contributed by atoms with E-state index in [0.717, 1.165) is 56.0 Å². The van der Waals surface area contributed by atoms with E-state index >= 15 is 0 Å². The second-order valence-corrected chi connectivity index (χ2v) is 8.42. The first-order valence-electron chi connectivity index (χ1n) is 10.2. The first kappa shape index (κ1) is 20.3. The predicted molar refractivity (Wildman–Crippen MR) is 111 cm³/mol. The number of aryl methyl sites for hydroxylation is 1. The van der Waals surface area contributed by atoms with E-state index in [1.54, 1.807) is 0 Å². The van der Waals surface area contributed by atoms with E-state index < -0.39 is 11.4 Å². The fourth-order valence-corrected chi connectivity index (χ4v) is 4.28. The van der Waals surface area contributed by atoms with Gasteiger partial charge in [0, 0.05) is 44.2 Å². The molecular weight excluding hydrogens is 390 g/mol. The molecule has 0 saturated carbocycles. The summed E-state index contributed by atoms with van der Waals surface area (Å²) in [6, 6.07) is 8.21. The van der Waals surface area contributed by atoms with Gasteiger partial charge in [-0.3, -0.25) is 8.37 Å². The van der Waals surface area contributed by atoms with E-state index in [0.29, 0.717) is 13.2 Å². The van der Waals surface area contributed by atoms with Crippen molar-refractivity contribution in [3.05, 3.63) is 47.8 Å². The standard InChI is InChI=1S/C21H27N3O4S/c1-2-16-12-22-21(23-13-16)24-9-7-20(8-10-24)28-19-5-3-17(4-6-19)11-18-14-26-29(25)27-15-18/h3-6,12-13,18,20H,2,7-11,14-15H2,1H3/t18-,29-. The minimum absolute atomic E-state index is 0.210. The number of benzene rings is 1. The molecule has 2 fully saturated rings. The van der Waals surface area contributed by atoms with E-state index in [1.165, 1.54) is 5.56 Å². The molecule has 7 nitrogen and oxygen atoms in total. The number of ether oxygens (including phenoxy) is 1. The van der Waals surface area contributed by atoms with Gasteiger partial charge in [0.25, 0.3) is 0 Å². The fourth-order valence-electron chi connectivity index (χ4n) is 3.60. The number of piperidine rings is 1. The largest absolute Gasteiger partial charge is 0.490 e. The summed E-state index contributed by atoms with van der Waals surface area (Å²) < 4.78 is 27.3. The molecule has 0 amide bonds. The van der Waals surface area contributed by atoms with Crippen molar-refractivity contribution in [2.75, 3.05) is 31.2 Å². The van der Waals surface area contributed by atoms with Gasteiger partial charge < -0.3 is 9.64 Å². The van der Waals surface area contributed by atoms with Gasteiger partial charge in [0.1, 0.15) is 11.9 Å². The molecule has 2 aliphatic rings. The van der Waals surface area contributed by atoms with E-state index in [-0.39, 0.29) is 12.0 Å². The van der Waals surface area contributed by atoms with Crippen LogP contribution in [0.25, 0.3) is 0 Å². The molecule has 0 atom stereocenters. The van der Waals surface area contributed by atoms with E-state index in [1.807, 2.05) is 24.5 Å². The minimum atomic E-state index is -1.57. The first-order valence-corrected chi connectivity index (χ1v) is 11.2. The van der Waals surface area contributed by atoms with Crippen LogP contribution in [0.15, 0.2) is 36.7 Å². The monoisotopic (exact) mass is 417 g/mol. The lowest BCUT2D eigenvalue weighted by Gasteiger charge is -2.32. The van der Waals surface area contributed by atoms with Crippen LogP contribution in [0.2, 0.25) is 0 Å². The lowest BCUT2D eigenvalue weighted by Crippen LogP contribution is -2.39. The van der Waals surface area contributed by atoms with Gasteiger partial charge in [-0.15, -0.1) is 0 Å². The zero-order chi connectivity index (χ0) is 20.1. The molecule has 1 aromatic carbocycles. The van der Waals surface area contributed by atoms with Gasteiger partial charge in [-0.05, 0) is 36.1 Å². The first-order chi connectivity index (χ1) is 14.2. The summed E-state index contributed by atoms with van der Waals surface area (Å²) in [6.45, 7) is 4.84. The van der Waals surface area contributed by atoms with Crippen LogP contribution in [-0.2, 0) is 32.6 Å². The Balaban J connectivity index is 1.24. The zero-order valence-electron chi connectivity index (χ0n) is 16.7. The molecule has 8 heteroatoms. The van der Waals surface area contributed by atoms with Gasteiger partial charge in [0.2, 0.25) is 5.95 Å². The SMILES string of the molecule is CCc1cnc(N2CCC(Oc3ccc(C[C@H]4CO[S@](=O)OC4)cc3)CC2)nc1. The third kappa shape index (κ3) is 5.52. The number of anilines is 1. The summed E-state index contributed by atoms with van der Waals surface area (Å²) in [5, 5.41) is 0. The lowest BCUT2D eigenvalue weighted by molar-refractivity contribution is 0.124. The Labute approximate surface area is 174 Å². The highest BCUT2D eigenvalue weighted by Crippen LogP contribution is 2.23. The maximum absolute atomic E-state index is 11.1. The zero-order valence-corrected chi connectivity index (χ0v) is 17.5. The molecule has 0 N–H and O–H groups in total. The molecule has 29 heavy (non-hydrogen) atoms. The topological polar surface area (TPSA) is 73.8 Å². The molecule has 1 aromatic heterocycles. The normalized spacial score (nSPS) is 23.1. The van der Waals surface area contributed by atoms with Crippen LogP contribution in [0.5, 0.6) is 5.75 Å². The van der Waals surface area contributed by atoms with Crippen LogP contribution in [0.4, 0.5) is 5.95 Å². The molecule has 0 unspecified atom stereocenters. The second kappa shape index (κ2) is 9.65. The van der Waals surface area contributed by atoms with Crippen LogP contribution in [0.1, 0.15) is 30.9 Å². The number of hydrogen-bond acceptors (Lipinski definition) is 7. The van der Waals surface area contributed by atoms with Gasteiger partial charge >= 0.3 is 11.4 Å². The third-order valence-corrected chi connectivity index (χ3v) is 6.03. The number of aromatic nitrogens is 2. The van der Waals surface area contributed by atoms with Crippen molar-refractivity contribution < 1.29 is 17.3 Å². The van der Waals surface area contributed by atoms with Crippen molar-refractivity contribution in [2.24, 2.45) is 5.92 Å². The minimum Gasteiger partial charge on any atom is -0.490 e. The van der Waals surface area contributed by atoms with Crippen molar-refractivity contribution in [3.8, 4) is 5.75 Å². The summed E-state index contributed by atoms with van der Waals surface area (Å²) in [5.41, 5.74) is 2.36. The van der Waals surface area contributed by atoms with Crippen LogP contribution in [0.3, 0.4) is 0 Å². The Bertz CT molecular complexity index is 798. The highest BCUT2D eigenvalue weighted by molar-refractivity contribution is 7.75. The molecule has 156 valence electrons. The maximum Gasteiger partial charge on any atom is 0.304 e. The molecule has 0 bridgehead atoms. The molecule has 0 spiro atoms. The second-order valence-electron chi connectivity index (χ2n) is 7.54. The quantitative estimate of drug-likeness (QED) is 0.715. The van der Waals surface area contributed by atoms with Crippen molar-refractivity contribution in [1.29, 1.82) is 0 Å². The fraction of sp³-hybridized carbons (Fsp3) is 0.524. The lowest BCUT2D eigenvalue weighted by atomic mass is 10.0. The molecule has 4 rings (SSSR count). The summed E-state index contributed by atoms with van der Waals surface area (Å²) >= 11 is -1.57. The molecule has 2 aliphatic heterocycles. The van der Waals surface area contributed by atoms with Crippen molar-refractivity contribution >= 4 is 17.3 Å². The highest BCUT2D eigenvalue weighted by atomic mass is 32.2. The molecule has 0 radical (unpaired) electrons. The maximum atomic E-state index is 11.1. The Morgan fingerprint density at radius 1 is 1.07 bits per heavy atom. The van der Waals surface area contributed by atoms with E-state index in [2.05, 4.69) is 33.9 Å². The Morgan fingerprint density at radius 2 is 1.72 bits per heavy atom. The Kier molecular flexibility index (Phi) is 6.74.